The average Bonchev–Trinajstić information content (AvgIpc) is 2.44. The van der Waals surface area contributed by atoms with Crippen molar-refractivity contribution < 1.29 is 4.79 Å². The Morgan fingerprint density at radius 2 is 2.16 bits per heavy atom. The molecule has 0 saturated carbocycles. The van der Waals surface area contributed by atoms with Crippen molar-refractivity contribution in [2.45, 2.75) is 52.5 Å². The van der Waals surface area contributed by atoms with Gasteiger partial charge in [-0.3, -0.25) is 4.79 Å². The molecule has 4 heteroatoms. The molecular formula is C15H31N3O. The molecule has 1 unspecified atom stereocenters. The Morgan fingerprint density at radius 3 is 2.74 bits per heavy atom. The smallest absolute Gasteiger partial charge is 0.224 e. The largest absolute Gasteiger partial charge is 0.353 e. The van der Waals surface area contributed by atoms with Crippen molar-refractivity contribution in [3.05, 3.63) is 0 Å². The molecule has 1 aliphatic heterocycles. The first-order chi connectivity index (χ1) is 9.17. The SMILES string of the molecule is CCN(CC)CCCC(C)NC(=O)[C@@H]1CCCNC1. The molecule has 2 N–H and O–H groups in total. The number of amides is 1. The van der Waals surface area contributed by atoms with E-state index in [0.29, 0.717) is 6.04 Å². The summed E-state index contributed by atoms with van der Waals surface area (Å²) in [6, 6.07) is 0.296. The number of carbonyl (C=O) groups is 1. The van der Waals surface area contributed by atoms with E-state index < -0.39 is 0 Å². The van der Waals surface area contributed by atoms with Crippen molar-refractivity contribution in [3.8, 4) is 0 Å². The Morgan fingerprint density at radius 1 is 1.42 bits per heavy atom. The van der Waals surface area contributed by atoms with Crippen LogP contribution in [-0.4, -0.2) is 49.6 Å². The maximum Gasteiger partial charge on any atom is 0.224 e. The van der Waals surface area contributed by atoms with Gasteiger partial charge in [0.2, 0.25) is 5.91 Å². The first-order valence-electron chi connectivity index (χ1n) is 7.90. The average molecular weight is 269 g/mol. The van der Waals surface area contributed by atoms with Gasteiger partial charge in [-0.25, -0.2) is 0 Å². The molecule has 1 heterocycles. The molecule has 0 aromatic heterocycles. The van der Waals surface area contributed by atoms with E-state index in [1.807, 2.05) is 0 Å². The molecule has 1 amide bonds. The standard InChI is InChI=1S/C15H31N3O/c1-4-18(5-2)11-7-8-13(3)17-15(19)14-9-6-10-16-12-14/h13-14,16H,4-12H2,1-3H3,(H,17,19)/t13?,14-/m1/s1. The van der Waals surface area contributed by atoms with Crippen LogP contribution in [0.25, 0.3) is 0 Å². The lowest BCUT2D eigenvalue weighted by molar-refractivity contribution is -0.126. The van der Waals surface area contributed by atoms with Crippen LogP contribution in [0.2, 0.25) is 0 Å². The van der Waals surface area contributed by atoms with Crippen LogP contribution in [0.5, 0.6) is 0 Å². The lowest BCUT2D eigenvalue weighted by Crippen LogP contribution is -2.43. The summed E-state index contributed by atoms with van der Waals surface area (Å²) in [5.74, 6) is 0.418. The van der Waals surface area contributed by atoms with E-state index in [1.165, 1.54) is 0 Å². The van der Waals surface area contributed by atoms with Crippen LogP contribution in [-0.2, 0) is 4.79 Å². The van der Waals surface area contributed by atoms with Crippen LogP contribution in [0.1, 0.15) is 46.5 Å². The summed E-state index contributed by atoms with van der Waals surface area (Å²) < 4.78 is 0. The van der Waals surface area contributed by atoms with Crippen LogP contribution in [0.15, 0.2) is 0 Å². The molecule has 0 radical (unpaired) electrons. The predicted molar refractivity (Wildman–Crippen MR) is 80.2 cm³/mol. The van der Waals surface area contributed by atoms with E-state index in [4.69, 9.17) is 0 Å². The second-order valence-electron chi connectivity index (χ2n) is 5.62. The Hall–Kier alpha value is -0.610. The Bertz CT molecular complexity index is 248. The summed E-state index contributed by atoms with van der Waals surface area (Å²) in [6.45, 7) is 11.8. The minimum absolute atomic E-state index is 0.180. The second-order valence-corrected chi connectivity index (χ2v) is 5.62. The molecule has 0 bridgehead atoms. The highest BCUT2D eigenvalue weighted by molar-refractivity contribution is 5.79. The van der Waals surface area contributed by atoms with E-state index in [2.05, 4.69) is 36.3 Å². The van der Waals surface area contributed by atoms with E-state index in [9.17, 15) is 4.79 Å². The summed E-state index contributed by atoms with van der Waals surface area (Å²) in [7, 11) is 0. The second kappa shape index (κ2) is 9.32. The molecule has 0 aliphatic carbocycles. The maximum absolute atomic E-state index is 12.1. The maximum atomic E-state index is 12.1. The fourth-order valence-electron chi connectivity index (χ4n) is 2.67. The van der Waals surface area contributed by atoms with Gasteiger partial charge in [-0.05, 0) is 58.8 Å². The lowest BCUT2D eigenvalue weighted by atomic mass is 9.98. The van der Waals surface area contributed by atoms with Gasteiger partial charge in [0, 0.05) is 12.6 Å². The summed E-state index contributed by atoms with van der Waals surface area (Å²) in [6.07, 6.45) is 4.38. The zero-order chi connectivity index (χ0) is 14.1. The third kappa shape index (κ3) is 6.39. The normalized spacial score (nSPS) is 21.4. The molecule has 1 aliphatic rings. The van der Waals surface area contributed by atoms with Gasteiger partial charge in [-0.2, -0.15) is 0 Å². The van der Waals surface area contributed by atoms with Gasteiger partial charge in [-0.1, -0.05) is 13.8 Å². The molecule has 4 nitrogen and oxygen atoms in total. The van der Waals surface area contributed by atoms with Crippen LogP contribution in [0.4, 0.5) is 0 Å². The number of rotatable bonds is 8. The molecule has 0 aromatic rings. The van der Waals surface area contributed by atoms with E-state index >= 15 is 0 Å². The first kappa shape index (κ1) is 16.4. The van der Waals surface area contributed by atoms with Crippen LogP contribution >= 0.6 is 0 Å². The number of nitrogens with one attached hydrogen (secondary N) is 2. The van der Waals surface area contributed by atoms with E-state index in [0.717, 1.165) is 58.4 Å². The van der Waals surface area contributed by atoms with Crippen molar-refractivity contribution in [1.29, 1.82) is 0 Å². The molecular weight excluding hydrogens is 238 g/mol. The number of piperidine rings is 1. The fourth-order valence-corrected chi connectivity index (χ4v) is 2.67. The molecule has 19 heavy (non-hydrogen) atoms. The monoisotopic (exact) mass is 269 g/mol. The van der Waals surface area contributed by atoms with Crippen LogP contribution in [0.3, 0.4) is 0 Å². The summed E-state index contributed by atoms with van der Waals surface area (Å²) in [5.41, 5.74) is 0. The Kier molecular flexibility index (Phi) is 8.07. The number of hydrogen-bond donors (Lipinski definition) is 2. The fraction of sp³-hybridized carbons (Fsp3) is 0.933. The number of carbonyl (C=O) groups excluding carboxylic acids is 1. The highest BCUT2D eigenvalue weighted by Crippen LogP contribution is 2.10. The van der Waals surface area contributed by atoms with E-state index in [-0.39, 0.29) is 11.8 Å². The van der Waals surface area contributed by atoms with Gasteiger partial charge in [-0.15, -0.1) is 0 Å². The molecule has 1 rings (SSSR count). The molecule has 1 saturated heterocycles. The van der Waals surface area contributed by atoms with Gasteiger partial charge in [0.05, 0.1) is 5.92 Å². The first-order valence-corrected chi connectivity index (χ1v) is 7.90. The van der Waals surface area contributed by atoms with Gasteiger partial charge in [0.15, 0.2) is 0 Å². The molecule has 112 valence electrons. The van der Waals surface area contributed by atoms with Crippen molar-refractivity contribution >= 4 is 5.91 Å². The van der Waals surface area contributed by atoms with Gasteiger partial charge < -0.3 is 15.5 Å². The van der Waals surface area contributed by atoms with Crippen LogP contribution in [0, 0.1) is 5.92 Å². The quantitative estimate of drug-likeness (QED) is 0.704. The third-order valence-corrected chi connectivity index (χ3v) is 4.06. The predicted octanol–water partition coefficient (Wildman–Crippen LogP) is 1.61. The zero-order valence-electron chi connectivity index (χ0n) is 12.9. The highest BCUT2D eigenvalue weighted by atomic mass is 16.1. The topological polar surface area (TPSA) is 44.4 Å². The summed E-state index contributed by atoms with van der Waals surface area (Å²) in [4.78, 5) is 14.5. The van der Waals surface area contributed by atoms with Crippen molar-refractivity contribution in [2.24, 2.45) is 5.92 Å². The van der Waals surface area contributed by atoms with Gasteiger partial charge in [0.25, 0.3) is 0 Å². The number of hydrogen-bond acceptors (Lipinski definition) is 3. The zero-order valence-corrected chi connectivity index (χ0v) is 12.9. The lowest BCUT2D eigenvalue weighted by Gasteiger charge is -2.24. The van der Waals surface area contributed by atoms with E-state index in [1.54, 1.807) is 0 Å². The highest BCUT2D eigenvalue weighted by Gasteiger charge is 2.21. The Balaban J connectivity index is 2.15. The summed E-state index contributed by atoms with van der Waals surface area (Å²) in [5, 5.41) is 6.46. The molecule has 1 fully saturated rings. The van der Waals surface area contributed by atoms with Crippen molar-refractivity contribution in [1.82, 2.24) is 15.5 Å². The Labute approximate surface area is 118 Å². The van der Waals surface area contributed by atoms with Crippen molar-refractivity contribution in [3.63, 3.8) is 0 Å². The molecule has 2 atom stereocenters. The van der Waals surface area contributed by atoms with Crippen molar-refractivity contribution in [2.75, 3.05) is 32.7 Å². The minimum Gasteiger partial charge on any atom is -0.353 e. The minimum atomic E-state index is 0.180. The summed E-state index contributed by atoms with van der Waals surface area (Å²) >= 11 is 0. The molecule has 0 spiro atoms. The van der Waals surface area contributed by atoms with Gasteiger partial charge >= 0.3 is 0 Å². The third-order valence-electron chi connectivity index (χ3n) is 4.06. The van der Waals surface area contributed by atoms with Crippen LogP contribution < -0.4 is 10.6 Å². The number of nitrogens with zero attached hydrogens (tertiary/aromatic N) is 1. The molecule has 0 aromatic carbocycles. The van der Waals surface area contributed by atoms with Gasteiger partial charge in [0.1, 0.15) is 0 Å².